The highest BCUT2D eigenvalue weighted by atomic mass is 32.2. The van der Waals surface area contributed by atoms with Crippen molar-refractivity contribution in [1.29, 1.82) is 0 Å². The van der Waals surface area contributed by atoms with Gasteiger partial charge in [0.15, 0.2) is 5.82 Å². The van der Waals surface area contributed by atoms with Gasteiger partial charge in [0, 0.05) is 0 Å². The van der Waals surface area contributed by atoms with E-state index in [0.717, 1.165) is 17.3 Å². The lowest BCUT2D eigenvalue weighted by Gasteiger charge is -2.04. The molecule has 6 nitrogen and oxygen atoms in total. The fourth-order valence-corrected chi connectivity index (χ4v) is 2.60. The zero-order valence-electron chi connectivity index (χ0n) is 13.1. The van der Waals surface area contributed by atoms with Crippen LogP contribution in [0, 0.1) is 5.82 Å². The highest BCUT2D eigenvalue weighted by molar-refractivity contribution is 7.99. The molecule has 3 rings (SSSR count). The number of rotatable bonds is 7. The van der Waals surface area contributed by atoms with Gasteiger partial charge < -0.3 is 0 Å². The molecule has 0 saturated heterocycles. The average molecular weight is 358 g/mol. The van der Waals surface area contributed by atoms with Gasteiger partial charge in [-0.3, -0.25) is 14.7 Å². The summed E-state index contributed by atoms with van der Waals surface area (Å²) in [6.07, 6.45) is 0. The molecule has 0 aliphatic rings. The molecule has 0 aliphatic carbocycles. The molecule has 0 bridgehead atoms. The van der Waals surface area contributed by atoms with Gasteiger partial charge in [-0.1, -0.05) is 54.2 Å². The van der Waals surface area contributed by atoms with Crippen LogP contribution in [0.5, 0.6) is 0 Å². The smallest absolute Gasteiger partial charge is 0.254 e. The monoisotopic (exact) mass is 358 g/mol. The Kier molecular flexibility index (Phi) is 5.76. The van der Waals surface area contributed by atoms with E-state index in [0.29, 0.717) is 16.5 Å². The van der Waals surface area contributed by atoms with Crippen LogP contribution in [0.25, 0.3) is 11.4 Å². The van der Waals surface area contributed by atoms with Crippen LogP contribution in [0.4, 0.5) is 4.39 Å². The van der Waals surface area contributed by atoms with Gasteiger partial charge in [0.25, 0.3) is 5.91 Å². The molecule has 0 atom stereocenters. The molecule has 0 aliphatic heterocycles. The molecule has 0 spiro atoms. The van der Waals surface area contributed by atoms with Gasteiger partial charge in [0.05, 0.1) is 17.9 Å². The van der Waals surface area contributed by atoms with E-state index in [9.17, 15) is 9.18 Å². The van der Waals surface area contributed by atoms with Gasteiger partial charge in [-0.05, 0) is 17.7 Å². The van der Waals surface area contributed by atoms with Crippen molar-refractivity contribution in [3.8, 4) is 11.4 Å². The van der Waals surface area contributed by atoms with Crippen molar-refractivity contribution in [1.82, 2.24) is 20.7 Å². The maximum Gasteiger partial charge on any atom is 0.254 e. The highest BCUT2D eigenvalue weighted by Crippen LogP contribution is 2.21. The normalized spacial score (nSPS) is 10.6. The maximum atomic E-state index is 13.7. The number of nitrogens with one attached hydrogen (secondary N) is 2. The molecule has 8 heteroatoms. The van der Waals surface area contributed by atoms with E-state index in [1.165, 1.54) is 6.07 Å². The van der Waals surface area contributed by atoms with Crippen molar-refractivity contribution < 1.29 is 14.0 Å². The van der Waals surface area contributed by atoms with Gasteiger partial charge in [-0.15, -0.1) is 5.10 Å². The van der Waals surface area contributed by atoms with Crippen LogP contribution in [0.2, 0.25) is 0 Å². The molecule has 1 amide bonds. The molecule has 2 aromatic carbocycles. The number of nitrogens with zero attached hydrogens (tertiary/aromatic N) is 2. The number of hydrogen-bond donors (Lipinski definition) is 2. The van der Waals surface area contributed by atoms with Crippen LogP contribution >= 0.6 is 11.8 Å². The van der Waals surface area contributed by atoms with Crippen LogP contribution < -0.4 is 5.48 Å². The van der Waals surface area contributed by atoms with Crippen LogP contribution in [0.1, 0.15) is 5.56 Å². The minimum Gasteiger partial charge on any atom is -0.272 e. The quantitative estimate of drug-likeness (QED) is 0.501. The van der Waals surface area contributed by atoms with Crippen molar-refractivity contribution in [2.45, 2.75) is 11.8 Å². The molecule has 3 aromatic rings. The number of thioether (sulfide) groups is 1. The van der Waals surface area contributed by atoms with Crippen molar-refractivity contribution in [3.05, 3.63) is 66.0 Å². The number of amides is 1. The summed E-state index contributed by atoms with van der Waals surface area (Å²) in [7, 11) is 0. The van der Waals surface area contributed by atoms with Crippen molar-refractivity contribution in [3.63, 3.8) is 0 Å². The molecular weight excluding hydrogens is 343 g/mol. The minimum absolute atomic E-state index is 0.0867. The van der Waals surface area contributed by atoms with Gasteiger partial charge in [0.1, 0.15) is 5.82 Å². The molecule has 1 aromatic heterocycles. The third-order valence-corrected chi connectivity index (χ3v) is 4.04. The summed E-state index contributed by atoms with van der Waals surface area (Å²) in [5.41, 5.74) is 3.65. The van der Waals surface area contributed by atoms with Crippen molar-refractivity contribution in [2.24, 2.45) is 0 Å². The number of carbonyl (C=O) groups is 1. The Hall–Kier alpha value is -2.71. The summed E-state index contributed by atoms with van der Waals surface area (Å²) >= 11 is 1.13. The van der Waals surface area contributed by atoms with E-state index in [1.54, 1.807) is 18.2 Å². The summed E-state index contributed by atoms with van der Waals surface area (Å²) in [6, 6.07) is 15.8. The average Bonchev–Trinajstić information content (AvgIpc) is 3.10. The Morgan fingerprint density at radius 2 is 1.92 bits per heavy atom. The zero-order valence-corrected chi connectivity index (χ0v) is 13.9. The first kappa shape index (κ1) is 17.1. The second kappa shape index (κ2) is 8.41. The fourth-order valence-electron chi connectivity index (χ4n) is 2.02. The topological polar surface area (TPSA) is 79.9 Å². The summed E-state index contributed by atoms with van der Waals surface area (Å²) in [6.45, 7) is 0.287. The largest absolute Gasteiger partial charge is 0.272 e. The number of H-pyrrole nitrogens is 1. The standard InChI is InChI=1S/C17H15FN4O2S/c18-14-9-5-4-8-13(14)16-19-17(21-20-16)25-11-15(23)22-24-10-12-6-2-1-3-7-12/h1-9H,10-11H2,(H,22,23)(H,19,20,21). The Balaban J connectivity index is 1.46. The summed E-state index contributed by atoms with van der Waals surface area (Å²) in [4.78, 5) is 21.1. The number of benzene rings is 2. The molecule has 0 unspecified atom stereocenters. The molecule has 1 heterocycles. The fraction of sp³-hybridized carbons (Fsp3) is 0.118. The number of hydrogen-bond acceptors (Lipinski definition) is 5. The lowest BCUT2D eigenvalue weighted by molar-refractivity contribution is -0.131. The zero-order chi connectivity index (χ0) is 17.5. The molecular formula is C17H15FN4O2S. The van der Waals surface area contributed by atoms with Gasteiger partial charge >= 0.3 is 0 Å². The van der Waals surface area contributed by atoms with E-state index in [-0.39, 0.29) is 24.1 Å². The van der Waals surface area contributed by atoms with Crippen LogP contribution in [-0.4, -0.2) is 26.8 Å². The van der Waals surface area contributed by atoms with Gasteiger partial charge in [-0.25, -0.2) is 14.9 Å². The minimum atomic E-state index is -0.387. The Bertz CT molecular complexity index is 841. The summed E-state index contributed by atoms with van der Waals surface area (Å²) < 4.78 is 13.7. The molecule has 25 heavy (non-hydrogen) atoms. The van der Waals surface area contributed by atoms with Crippen LogP contribution in [-0.2, 0) is 16.2 Å². The number of carbonyl (C=O) groups excluding carboxylic acids is 1. The van der Waals surface area contributed by atoms with E-state index in [1.807, 2.05) is 30.3 Å². The SMILES string of the molecule is O=C(CSc1n[nH]c(-c2ccccc2F)n1)NOCc1ccccc1. The van der Waals surface area contributed by atoms with Gasteiger partial charge in [-0.2, -0.15) is 0 Å². The number of halogens is 1. The molecule has 2 N–H and O–H groups in total. The van der Waals surface area contributed by atoms with E-state index >= 15 is 0 Å². The van der Waals surface area contributed by atoms with Crippen LogP contribution in [0.15, 0.2) is 59.8 Å². The molecule has 0 radical (unpaired) electrons. The van der Waals surface area contributed by atoms with E-state index < -0.39 is 0 Å². The summed E-state index contributed by atoms with van der Waals surface area (Å²) in [5, 5.41) is 7.00. The Labute approximate surface area is 147 Å². The second-order valence-corrected chi connectivity index (χ2v) is 5.98. The van der Waals surface area contributed by atoms with E-state index in [4.69, 9.17) is 4.84 Å². The highest BCUT2D eigenvalue weighted by Gasteiger charge is 2.11. The first-order valence-corrected chi connectivity index (χ1v) is 8.45. The van der Waals surface area contributed by atoms with E-state index in [2.05, 4.69) is 20.7 Å². The Morgan fingerprint density at radius 1 is 1.16 bits per heavy atom. The van der Waals surface area contributed by atoms with Crippen molar-refractivity contribution in [2.75, 3.05) is 5.75 Å². The maximum absolute atomic E-state index is 13.7. The second-order valence-electron chi connectivity index (χ2n) is 5.03. The lowest BCUT2D eigenvalue weighted by atomic mass is 10.2. The first-order chi connectivity index (χ1) is 12.2. The predicted molar refractivity (Wildman–Crippen MR) is 91.9 cm³/mol. The predicted octanol–water partition coefficient (Wildman–Crippen LogP) is 2.95. The molecule has 0 saturated carbocycles. The first-order valence-electron chi connectivity index (χ1n) is 7.47. The summed E-state index contributed by atoms with van der Waals surface area (Å²) in [5.74, 6) is -0.287. The number of aromatic nitrogens is 3. The number of aromatic amines is 1. The molecule has 0 fully saturated rings. The van der Waals surface area contributed by atoms with Crippen molar-refractivity contribution >= 4 is 17.7 Å². The third-order valence-electron chi connectivity index (χ3n) is 3.19. The van der Waals surface area contributed by atoms with Gasteiger partial charge in [0.2, 0.25) is 5.16 Å². The number of hydroxylamine groups is 1. The molecule has 128 valence electrons. The van der Waals surface area contributed by atoms with Crippen LogP contribution in [0.3, 0.4) is 0 Å². The lowest BCUT2D eigenvalue weighted by Crippen LogP contribution is -2.25. The Morgan fingerprint density at radius 3 is 2.72 bits per heavy atom. The third kappa shape index (κ3) is 4.88.